The Kier molecular flexibility index (Phi) is 6.71. The van der Waals surface area contributed by atoms with Crippen LogP contribution in [0.3, 0.4) is 0 Å². The van der Waals surface area contributed by atoms with Gasteiger partial charge in [-0.1, -0.05) is 26.0 Å². The Bertz CT molecular complexity index is 916. The van der Waals surface area contributed by atoms with Gasteiger partial charge < -0.3 is 19.0 Å². The maximum absolute atomic E-state index is 6.28. The van der Waals surface area contributed by atoms with E-state index < -0.39 is 5.72 Å². The first-order valence-corrected chi connectivity index (χ1v) is 11.4. The number of likely N-dealkylation sites (tertiary alicyclic amines) is 1. The lowest BCUT2D eigenvalue weighted by molar-refractivity contribution is -0.186. The minimum absolute atomic E-state index is 0.469. The van der Waals surface area contributed by atoms with Gasteiger partial charge in [0.2, 0.25) is 5.96 Å². The lowest BCUT2D eigenvalue weighted by atomic mass is 10.0. The fourth-order valence-corrected chi connectivity index (χ4v) is 4.06. The Morgan fingerprint density at radius 3 is 2.47 bits per heavy atom. The average Bonchev–Trinajstić information content (AvgIpc) is 3.32. The highest BCUT2D eigenvalue weighted by atomic mass is 16.7. The average molecular weight is 442 g/mol. The summed E-state index contributed by atoms with van der Waals surface area (Å²) in [6.45, 7) is 10.1. The number of piperidine rings is 1. The highest BCUT2D eigenvalue weighted by molar-refractivity contribution is 5.80. The van der Waals surface area contributed by atoms with Crippen LogP contribution < -0.4 is 4.74 Å². The number of hydrogen-bond donors (Lipinski definition) is 0. The number of guanidine groups is 1. The second-order valence-corrected chi connectivity index (χ2v) is 9.31. The summed E-state index contributed by atoms with van der Waals surface area (Å²) in [7, 11) is 4.08. The van der Waals surface area contributed by atoms with Crippen LogP contribution in [-0.2, 0) is 17.9 Å². The molecule has 8 nitrogen and oxygen atoms in total. The second-order valence-electron chi connectivity index (χ2n) is 9.31. The normalized spacial score (nSPS) is 18.4. The SMILES string of the molecule is Cc1nc(CN(Cc2ccc(OCC(C)C)cc2)C2=NC3(CCN(C)CC3)ON2C)co1. The molecule has 1 spiro atoms. The second kappa shape index (κ2) is 9.50. The summed E-state index contributed by atoms with van der Waals surface area (Å²) < 4.78 is 11.3. The third-order valence-electron chi connectivity index (χ3n) is 5.84. The Morgan fingerprint density at radius 2 is 1.84 bits per heavy atom. The third kappa shape index (κ3) is 5.42. The Labute approximate surface area is 190 Å². The van der Waals surface area contributed by atoms with E-state index in [9.17, 15) is 0 Å². The first-order valence-electron chi connectivity index (χ1n) is 11.4. The van der Waals surface area contributed by atoms with Crippen LogP contribution >= 0.6 is 0 Å². The van der Waals surface area contributed by atoms with Gasteiger partial charge in [0.1, 0.15) is 12.0 Å². The van der Waals surface area contributed by atoms with Gasteiger partial charge in [0, 0.05) is 46.4 Å². The van der Waals surface area contributed by atoms with Crippen molar-refractivity contribution in [2.75, 3.05) is 33.8 Å². The minimum atomic E-state index is -0.469. The number of benzene rings is 1. The van der Waals surface area contributed by atoms with E-state index in [0.717, 1.165) is 43.3 Å². The van der Waals surface area contributed by atoms with Gasteiger partial charge in [0.15, 0.2) is 11.6 Å². The van der Waals surface area contributed by atoms with E-state index in [1.165, 1.54) is 5.56 Å². The Hall–Kier alpha value is -2.58. The fraction of sp³-hybridized carbons (Fsp3) is 0.583. The number of hydroxylamine groups is 2. The molecule has 0 bridgehead atoms. The largest absolute Gasteiger partial charge is 0.493 e. The van der Waals surface area contributed by atoms with Gasteiger partial charge >= 0.3 is 0 Å². The number of nitrogens with zero attached hydrogens (tertiary/aromatic N) is 5. The molecular weight excluding hydrogens is 406 g/mol. The Morgan fingerprint density at radius 1 is 1.12 bits per heavy atom. The lowest BCUT2D eigenvalue weighted by Gasteiger charge is -2.34. The monoisotopic (exact) mass is 441 g/mol. The van der Waals surface area contributed by atoms with Gasteiger partial charge in [0.05, 0.1) is 18.8 Å². The number of rotatable bonds is 7. The molecule has 0 unspecified atom stereocenters. The number of ether oxygens (including phenoxy) is 1. The zero-order valence-electron chi connectivity index (χ0n) is 19.9. The molecule has 2 aliphatic rings. The van der Waals surface area contributed by atoms with Crippen molar-refractivity contribution >= 4 is 5.96 Å². The molecular formula is C24H35N5O3. The zero-order chi connectivity index (χ0) is 22.7. The van der Waals surface area contributed by atoms with E-state index >= 15 is 0 Å². The van der Waals surface area contributed by atoms with Crippen LogP contribution in [0.4, 0.5) is 0 Å². The molecule has 0 aliphatic carbocycles. The van der Waals surface area contributed by atoms with Crippen molar-refractivity contribution in [2.24, 2.45) is 10.9 Å². The van der Waals surface area contributed by atoms with Gasteiger partial charge in [-0.25, -0.2) is 19.9 Å². The number of oxazole rings is 1. The molecule has 2 aliphatic heterocycles. The van der Waals surface area contributed by atoms with Gasteiger partial charge in [0.25, 0.3) is 0 Å². The van der Waals surface area contributed by atoms with E-state index in [0.29, 0.717) is 31.5 Å². The molecule has 1 aromatic carbocycles. The first-order chi connectivity index (χ1) is 15.3. The molecule has 0 radical (unpaired) electrons. The number of aliphatic imine (C=N–C) groups is 1. The quantitative estimate of drug-likeness (QED) is 0.649. The van der Waals surface area contributed by atoms with Gasteiger partial charge in [-0.15, -0.1) is 0 Å². The van der Waals surface area contributed by atoms with Crippen molar-refractivity contribution in [1.29, 1.82) is 0 Å². The lowest BCUT2D eigenvalue weighted by Crippen LogP contribution is -2.43. The predicted octanol–water partition coefficient (Wildman–Crippen LogP) is 3.67. The fourth-order valence-electron chi connectivity index (χ4n) is 4.06. The summed E-state index contributed by atoms with van der Waals surface area (Å²) in [5.74, 6) is 2.88. The van der Waals surface area contributed by atoms with Crippen molar-refractivity contribution in [3.8, 4) is 5.75 Å². The molecule has 0 N–H and O–H groups in total. The summed E-state index contributed by atoms with van der Waals surface area (Å²) in [5.41, 5.74) is 1.57. The van der Waals surface area contributed by atoms with Crippen LogP contribution in [0.5, 0.6) is 5.75 Å². The molecule has 174 valence electrons. The van der Waals surface area contributed by atoms with Gasteiger partial charge in [-0.2, -0.15) is 0 Å². The molecule has 0 atom stereocenters. The van der Waals surface area contributed by atoms with Crippen molar-refractivity contribution in [3.63, 3.8) is 0 Å². The van der Waals surface area contributed by atoms with E-state index in [2.05, 4.69) is 47.8 Å². The van der Waals surface area contributed by atoms with Crippen molar-refractivity contribution < 1.29 is 14.0 Å². The highest BCUT2D eigenvalue weighted by Crippen LogP contribution is 2.34. The van der Waals surface area contributed by atoms with E-state index in [-0.39, 0.29) is 0 Å². The van der Waals surface area contributed by atoms with Crippen LogP contribution in [0, 0.1) is 12.8 Å². The minimum Gasteiger partial charge on any atom is -0.493 e. The molecule has 4 rings (SSSR count). The molecule has 0 amide bonds. The topological polar surface area (TPSA) is 66.6 Å². The zero-order valence-corrected chi connectivity index (χ0v) is 19.9. The molecule has 1 saturated heterocycles. The molecule has 32 heavy (non-hydrogen) atoms. The molecule has 3 heterocycles. The summed E-state index contributed by atoms with van der Waals surface area (Å²) in [4.78, 5) is 20.4. The summed E-state index contributed by atoms with van der Waals surface area (Å²) >= 11 is 0. The van der Waals surface area contributed by atoms with Crippen LogP contribution in [0.2, 0.25) is 0 Å². The van der Waals surface area contributed by atoms with Crippen molar-refractivity contribution in [3.05, 3.63) is 47.7 Å². The summed E-state index contributed by atoms with van der Waals surface area (Å²) in [6, 6.07) is 8.29. The predicted molar refractivity (Wildman–Crippen MR) is 123 cm³/mol. The van der Waals surface area contributed by atoms with E-state index in [1.54, 1.807) is 6.26 Å². The maximum Gasteiger partial charge on any atom is 0.224 e. The van der Waals surface area contributed by atoms with Gasteiger partial charge in [-0.05, 0) is 30.7 Å². The third-order valence-corrected chi connectivity index (χ3v) is 5.84. The van der Waals surface area contributed by atoms with Crippen LogP contribution in [-0.4, -0.2) is 65.3 Å². The molecule has 0 saturated carbocycles. The molecule has 1 fully saturated rings. The molecule has 2 aromatic rings. The number of aryl methyl sites for hydroxylation is 1. The molecule has 1 aromatic heterocycles. The van der Waals surface area contributed by atoms with Gasteiger partial charge in [-0.3, -0.25) is 0 Å². The van der Waals surface area contributed by atoms with Crippen molar-refractivity contribution in [1.82, 2.24) is 19.8 Å². The standard InChI is InChI=1S/C24H35N5O3/c1-18(2)16-31-22-8-6-20(7-9-22)14-29(15-21-17-30-19(3)25-21)23-26-24(32-28(23)5)10-12-27(4)13-11-24/h6-9,17-18H,10-16H2,1-5H3. The number of aromatic nitrogens is 1. The summed E-state index contributed by atoms with van der Waals surface area (Å²) in [6.07, 6.45) is 3.49. The number of hydrogen-bond acceptors (Lipinski definition) is 8. The van der Waals surface area contributed by atoms with E-state index in [4.69, 9.17) is 19.0 Å². The Balaban J connectivity index is 1.54. The first kappa shape index (κ1) is 22.6. The summed E-state index contributed by atoms with van der Waals surface area (Å²) in [5, 5.41) is 1.82. The van der Waals surface area contributed by atoms with Crippen LogP contribution in [0.15, 0.2) is 39.9 Å². The molecule has 8 heteroatoms. The van der Waals surface area contributed by atoms with Crippen LogP contribution in [0.25, 0.3) is 0 Å². The maximum atomic E-state index is 6.28. The highest BCUT2D eigenvalue weighted by Gasteiger charge is 2.43. The van der Waals surface area contributed by atoms with Crippen LogP contribution in [0.1, 0.15) is 43.8 Å². The van der Waals surface area contributed by atoms with Crippen molar-refractivity contribution in [2.45, 2.75) is 52.4 Å². The smallest absolute Gasteiger partial charge is 0.224 e. The van der Waals surface area contributed by atoms with E-state index in [1.807, 2.05) is 31.2 Å².